The van der Waals surface area contributed by atoms with Gasteiger partial charge in [-0.2, -0.15) is 0 Å². The molecule has 0 aliphatic carbocycles. The number of amides is 1. The maximum Gasteiger partial charge on any atom is 0.226 e. The van der Waals surface area contributed by atoms with Crippen LogP contribution in [0.15, 0.2) is 5.38 Å². The third-order valence-corrected chi connectivity index (χ3v) is 2.91. The number of anilines is 1. The summed E-state index contributed by atoms with van der Waals surface area (Å²) in [5.41, 5.74) is 6.14. The maximum absolute atomic E-state index is 11.5. The Morgan fingerprint density at radius 1 is 1.65 bits per heavy atom. The van der Waals surface area contributed by atoms with E-state index in [9.17, 15) is 9.90 Å². The Labute approximate surface area is 105 Å². The molecule has 4 N–H and O–H groups in total. The predicted molar refractivity (Wildman–Crippen MR) is 68.7 cm³/mol. The maximum atomic E-state index is 11.5. The van der Waals surface area contributed by atoms with E-state index in [2.05, 4.69) is 10.3 Å². The van der Waals surface area contributed by atoms with Gasteiger partial charge in [-0.05, 0) is 12.3 Å². The van der Waals surface area contributed by atoms with Gasteiger partial charge in [0.2, 0.25) is 5.91 Å². The summed E-state index contributed by atoms with van der Waals surface area (Å²) in [5.74, 6) is 0.276. The molecular weight excluding hydrogens is 238 g/mol. The molecule has 1 aromatic rings. The summed E-state index contributed by atoms with van der Waals surface area (Å²) in [4.78, 5) is 15.5. The number of hydrogen-bond acceptors (Lipinski definition) is 5. The molecule has 1 heterocycles. The molecule has 96 valence electrons. The molecule has 0 radical (unpaired) electrons. The zero-order valence-corrected chi connectivity index (χ0v) is 11.0. The first-order chi connectivity index (χ1) is 7.97. The molecule has 0 fully saturated rings. The van der Waals surface area contributed by atoms with Crippen LogP contribution >= 0.6 is 11.3 Å². The molecule has 6 heteroatoms. The Hall–Kier alpha value is -1.14. The molecule has 1 rings (SSSR count). The number of hydrogen-bond donors (Lipinski definition) is 3. The number of aromatic nitrogens is 1. The minimum Gasteiger partial charge on any atom is -0.391 e. The summed E-state index contributed by atoms with van der Waals surface area (Å²) in [5, 5.41) is 14.5. The highest BCUT2D eigenvalue weighted by atomic mass is 32.1. The SMILES string of the molecule is CC(C)CC(O)CNC(=O)Cc1csc(N)n1. The average molecular weight is 257 g/mol. The van der Waals surface area contributed by atoms with Crippen molar-refractivity contribution in [3.05, 3.63) is 11.1 Å². The number of carbonyl (C=O) groups excluding carboxylic acids is 1. The molecule has 5 nitrogen and oxygen atoms in total. The Bertz CT molecular complexity index is 365. The fraction of sp³-hybridized carbons (Fsp3) is 0.636. The van der Waals surface area contributed by atoms with Crippen molar-refractivity contribution in [1.82, 2.24) is 10.3 Å². The van der Waals surface area contributed by atoms with Crippen LogP contribution < -0.4 is 11.1 Å². The van der Waals surface area contributed by atoms with Crippen LogP contribution in [0.3, 0.4) is 0 Å². The molecule has 0 spiro atoms. The molecule has 0 saturated carbocycles. The van der Waals surface area contributed by atoms with Gasteiger partial charge in [0.25, 0.3) is 0 Å². The van der Waals surface area contributed by atoms with Crippen molar-refractivity contribution in [2.24, 2.45) is 5.92 Å². The first-order valence-corrected chi connectivity index (χ1v) is 6.50. The van der Waals surface area contributed by atoms with E-state index in [1.807, 2.05) is 13.8 Å². The van der Waals surface area contributed by atoms with Crippen LogP contribution in [-0.4, -0.2) is 28.6 Å². The molecule has 1 aromatic heterocycles. The number of aliphatic hydroxyl groups excluding tert-OH is 1. The topological polar surface area (TPSA) is 88.2 Å². The van der Waals surface area contributed by atoms with Gasteiger partial charge in [-0.3, -0.25) is 4.79 Å². The van der Waals surface area contributed by atoms with Crippen molar-refractivity contribution < 1.29 is 9.90 Å². The molecule has 1 amide bonds. The van der Waals surface area contributed by atoms with Gasteiger partial charge >= 0.3 is 0 Å². The van der Waals surface area contributed by atoms with Gasteiger partial charge < -0.3 is 16.2 Å². The highest BCUT2D eigenvalue weighted by Gasteiger charge is 2.10. The fourth-order valence-corrected chi connectivity index (χ4v) is 2.05. The van der Waals surface area contributed by atoms with Gasteiger partial charge in [0.05, 0.1) is 18.2 Å². The number of aliphatic hydroxyl groups is 1. The number of nitrogens with one attached hydrogen (secondary N) is 1. The second kappa shape index (κ2) is 6.56. The number of thiazole rings is 1. The zero-order chi connectivity index (χ0) is 12.8. The third-order valence-electron chi connectivity index (χ3n) is 2.19. The molecule has 17 heavy (non-hydrogen) atoms. The van der Waals surface area contributed by atoms with Crippen molar-refractivity contribution >= 4 is 22.4 Å². The van der Waals surface area contributed by atoms with Crippen molar-refractivity contribution in [2.75, 3.05) is 12.3 Å². The van der Waals surface area contributed by atoms with Gasteiger partial charge in [0, 0.05) is 11.9 Å². The van der Waals surface area contributed by atoms with Gasteiger partial charge in [-0.15, -0.1) is 11.3 Å². The van der Waals surface area contributed by atoms with Gasteiger partial charge in [-0.1, -0.05) is 13.8 Å². The van der Waals surface area contributed by atoms with Crippen molar-refractivity contribution in [2.45, 2.75) is 32.8 Å². The molecule has 0 saturated heterocycles. The zero-order valence-electron chi connectivity index (χ0n) is 10.1. The Morgan fingerprint density at radius 2 is 2.35 bits per heavy atom. The molecule has 0 aliphatic heterocycles. The van der Waals surface area contributed by atoms with E-state index >= 15 is 0 Å². The summed E-state index contributed by atoms with van der Waals surface area (Å²) in [6, 6.07) is 0. The molecule has 0 bridgehead atoms. The summed E-state index contributed by atoms with van der Waals surface area (Å²) >= 11 is 1.32. The molecule has 1 unspecified atom stereocenters. The number of carbonyl (C=O) groups is 1. The van der Waals surface area contributed by atoms with Crippen molar-refractivity contribution in [1.29, 1.82) is 0 Å². The smallest absolute Gasteiger partial charge is 0.226 e. The van der Waals surface area contributed by atoms with Crippen LogP contribution in [0.25, 0.3) is 0 Å². The van der Waals surface area contributed by atoms with E-state index < -0.39 is 6.10 Å². The number of nitrogens with two attached hydrogens (primary N) is 1. The second-order valence-corrected chi connectivity index (χ2v) is 5.33. The fourth-order valence-electron chi connectivity index (χ4n) is 1.49. The highest BCUT2D eigenvalue weighted by Crippen LogP contribution is 2.11. The van der Waals surface area contributed by atoms with Crippen molar-refractivity contribution in [3.63, 3.8) is 0 Å². The largest absolute Gasteiger partial charge is 0.391 e. The predicted octanol–water partition coefficient (Wildman–Crippen LogP) is 0.791. The van der Waals surface area contributed by atoms with Crippen LogP contribution in [0, 0.1) is 5.92 Å². The lowest BCUT2D eigenvalue weighted by atomic mass is 10.1. The van der Waals surface area contributed by atoms with Crippen LogP contribution in [0.1, 0.15) is 26.0 Å². The number of rotatable bonds is 6. The Morgan fingerprint density at radius 3 is 2.88 bits per heavy atom. The average Bonchev–Trinajstić information content (AvgIpc) is 2.60. The number of nitrogens with zero attached hydrogens (tertiary/aromatic N) is 1. The standard InChI is InChI=1S/C11H19N3O2S/c1-7(2)3-9(15)5-13-10(16)4-8-6-17-11(12)14-8/h6-7,9,15H,3-5H2,1-2H3,(H2,12,14)(H,13,16). The molecular formula is C11H19N3O2S. The van der Waals surface area contributed by atoms with E-state index in [1.54, 1.807) is 5.38 Å². The lowest BCUT2D eigenvalue weighted by Gasteiger charge is -2.13. The van der Waals surface area contributed by atoms with Crippen LogP contribution in [0.4, 0.5) is 5.13 Å². The lowest BCUT2D eigenvalue weighted by molar-refractivity contribution is -0.121. The lowest BCUT2D eigenvalue weighted by Crippen LogP contribution is -2.33. The quantitative estimate of drug-likeness (QED) is 0.703. The Kier molecular flexibility index (Phi) is 5.37. The summed E-state index contributed by atoms with van der Waals surface area (Å²) in [7, 11) is 0. The van der Waals surface area contributed by atoms with E-state index in [0.717, 1.165) is 0 Å². The summed E-state index contributed by atoms with van der Waals surface area (Å²) in [6.45, 7) is 4.35. The van der Waals surface area contributed by atoms with Crippen LogP contribution in [-0.2, 0) is 11.2 Å². The molecule has 0 aliphatic rings. The van der Waals surface area contributed by atoms with E-state index in [0.29, 0.717) is 23.2 Å². The van der Waals surface area contributed by atoms with Crippen molar-refractivity contribution in [3.8, 4) is 0 Å². The van der Waals surface area contributed by atoms with Gasteiger partial charge in [0.1, 0.15) is 0 Å². The summed E-state index contributed by atoms with van der Waals surface area (Å²) < 4.78 is 0. The van der Waals surface area contributed by atoms with Gasteiger partial charge in [0.15, 0.2) is 5.13 Å². The first kappa shape index (κ1) is 13.9. The van der Waals surface area contributed by atoms with Crippen LogP contribution in [0.5, 0.6) is 0 Å². The third kappa shape index (κ3) is 5.65. The minimum atomic E-state index is -0.487. The first-order valence-electron chi connectivity index (χ1n) is 5.62. The van der Waals surface area contributed by atoms with E-state index in [-0.39, 0.29) is 18.9 Å². The monoisotopic (exact) mass is 257 g/mol. The van der Waals surface area contributed by atoms with Crippen LogP contribution in [0.2, 0.25) is 0 Å². The minimum absolute atomic E-state index is 0.141. The second-order valence-electron chi connectivity index (χ2n) is 4.44. The van der Waals surface area contributed by atoms with E-state index in [4.69, 9.17) is 5.73 Å². The highest BCUT2D eigenvalue weighted by molar-refractivity contribution is 7.13. The summed E-state index contributed by atoms with van der Waals surface area (Å²) in [6.07, 6.45) is 0.408. The molecule has 1 atom stereocenters. The molecule has 0 aromatic carbocycles. The van der Waals surface area contributed by atoms with Gasteiger partial charge in [-0.25, -0.2) is 4.98 Å². The normalized spacial score (nSPS) is 12.7. The Balaban J connectivity index is 2.26. The van der Waals surface area contributed by atoms with E-state index in [1.165, 1.54) is 11.3 Å². The number of nitrogen functional groups attached to an aromatic ring is 1.